The highest BCUT2D eigenvalue weighted by atomic mass is 32.2. The summed E-state index contributed by atoms with van der Waals surface area (Å²) in [5, 5.41) is 2.73. The van der Waals surface area contributed by atoms with Crippen molar-refractivity contribution in [2.75, 3.05) is 19.3 Å². The van der Waals surface area contributed by atoms with Gasteiger partial charge < -0.3 is 5.32 Å². The van der Waals surface area contributed by atoms with Gasteiger partial charge in [-0.1, -0.05) is 6.42 Å². The molecule has 2 aliphatic carbocycles. The number of carbonyl (C=O) groups is 1. The molecule has 3 rings (SSSR count). The van der Waals surface area contributed by atoms with Crippen molar-refractivity contribution in [3.05, 3.63) is 0 Å². The first kappa shape index (κ1) is 16.1. The number of alkyl halides is 2. The zero-order chi connectivity index (χ0) is 16.2. The van der Waals surface area contributed by atoms with Crippen LogP contribution in [0.15, 0.2) is 0 Å². The highest BCUT2D eigenvalue weighted by molar-refractivity contribution is 7.88. The molecule has 1 heterocycles. The molecule has 5 nitrogen and oxygen atoms in total. The second-order valence-electron chi connectivity index (χ2n) is 7.12. The highest BCUT2D eigenvalue weighted by Crippen LogP contribution is 2.50. The van der Waals surface area contributed by atoms with E-state index in [0.29, 0.717) is 25.9 Å². The fourth-order valence-electron chi connectivity index (χ4n) is 4.24. The fraction of sp³-hybridized carbons (Fsp3) is 0.929. The average molecular weight is 336 g/mol. The van der Waals surface area contributed by atoms with E-state index >= 15 is 0 Å². The van der Waals surface area contributed by atoms with E-state index in [4.69, 9.17) is 0 Å². The molecule has 126 valence electrons. The first-order chi connectivity index (χ1) is 10.1. The summed E-state index contributed by atoms with van der Waals surface area (Å²) in [5.74, 6) is -3.08. The van der Waals surface area contributed by atoms with Gasteiger partial charge in [0.2, 0.25) is 15.9 Å². The number of hydrogen-bond acceptors (Lipinski definition) is 3. The Balaban J connectivity index is 1.65. The average Bonchev–Trinajstić information content (AvgIpc) is 2.94. The van der Waals surface area contributed by atoms with Crippen molar-refractivity contribution in [1.29, 1.82) is 0 Å². The minimum atomic E-state index is -3.24. The smallest absolute Gasteiger partial charge is 0.252 e. The maximum Gasteiger partial charge on any atom is 0.252 e. The Bertz CT molecular complexity index is 573. The summed E-state index contributed by atoms with van der Waals surface area (Å²) in [6, 6.07) is -0.437. The van der Waals surface area contributed by atoms with Crippen LogP contribution in [0.25, 0.3) is 0 Å². The number of amides is 1. The molecule has 0 unspecified atom stereocenters. The van der Waals surface area contributed by atoms with Gasteiger partial charge in [-0.3, -0.25) is 4.79 Å². The van der Waals surface area contributed by atoms with E-state index in [9.17, 15) is 22.0 Å². The van der Waals surface area contributed by atoms with Crippen molar-refractivity contribution in [2.24, 2.45) is 11.3 Å². The third-order valence-corrected chi connectivity index (χ3v) is 6.73. The Morgan fingerprint density at radius 3 is 2.50 bits per heavy atom. The Labute approximate surface area is 129 Å². The number of rotatable bonds is 3. The summed E-state index contributed by atoms with van der Waals surface area (Å²) >= 11 is 0. The molecule has 8 heteroatoms. The maximum atomic E-state index is 12.9. The minimum Gasteiger partial charge on any atom is -0.353 e. The molecule has 22 heavy (non-hydrogen) atoms. The van der Waals surface area contributed by atoms with Crippen LogP contribution in [0.2, 0.25) is 0 Å². The number of sulfonamides is 1. The van der Waals surface area contributed by atoms with Crippen LogP contribution in [-0.4, -0.2) is 49.9 Å². The molecule has 2 saturated carbocycles. The van der Waals surface area contributed by atoms with E-state index in [2.05, 4.69) is 5.32 Å². The lowest BCUT2D eigenvalue weighted by Gasteiger charge is -2.37. The van der Waals surface area contributed by atoms with E-state index in [1.807, 2.05) is 0 Å². The molecule has 0 aromatic carbocycles. The van der Waals surface area contributed by atoms with Gasteiger partial charge in [0.25, 0.3) is 5.92 Å². The normalized spacial score (nSPS) is 35.7. The summed E-state index contributed by atoms with van der Waals surface area (Å²) in [5.41, 5.74) is -0.306. The Morgan fingerprint density at radius 2 is 1.95 bits per heavy atom. The number of nitrogens with one attached hydrogen (secondary N) is 1. The van der Waals surface area contributed by atoms with Crippen molar-refractivity contribution in [3.63, 3.8) is 0 Å². The number of carbonyl (C=O) groups excluding carboxylic acids is 1. The largest absolute Gasteiger partial charge is 0.353 e. The number of hydrogen-bond donors (Lipinski definition) is 1. The van der Waals surface area contributed by atoms with Crippen LogP contribution in [0, 0.1) is 11.3 Å². The van der Waals surface area contributed by atoms with Crippen LogP contribution in [0.3, 0.4) is 0 Å². The first-order valence-electron chi connectivity index (χ1n) is 7.75. The van der Waals surface area contributed by atoms with Crippen molar-refractivity contribution in [2.45, 2.75) is 50.5 Å². The molecule has 0 aromatic rings. The van der Waals surface area contributed by atoms with Gasteiger partial charge in [-0.05, 0) is 24.7 Å². The van der Waals surface area contributed by atoms with Crippen molar-refractivity contribution < 1.29 is 22.0 Å². The van der Waals surface area contributed by atoms with Gasteiger partial charge in [-0.15, -0.1) is 0 Å². The second-order valence-corrected chi connectivity index (χ2v) is 9.11. The lowest BCUT2D eigenvalue weighted by atomic mass is 9.76. The molecule has 1 N–H and O–H groups in total. The van der Waals surface area contributed by atoms with E-state index in [1.54, 1.807) is 0 Å². The highest BCUT2D eigenvalue weighted by Gasteiger charge is 2.53. The summed E-state index contributed by atoms with van der Waals surface area (Å²) in [7, 11) is -3.24. The molecule has 2 atom stereocenters. The third kappa shape index (κ3) is 2.87. The van der Waals surface area contributed by atoms with Crippen molar-refractivity contribution in [3.8, 4) is 0 Å². The Kier molecular flexibility index (Phi) is 3.75. The molecule has 3 fully saturated rings. The molecule has 3 aliphatic rings. The summed E-state index contributed by atoms with van der Waals surface area (Å²) < 4.78 is 50.6. The first-order valence-corrected chi connectivity index (χ1v) is 9.60. The van der Waals surface area contributed by atoms with Gasteiger partial charge in [-0.25, -0.2) is 21.5 Å². The molecular weight excluding hydrogens is 314 g/mol. The van der Waals surface area contributed by atoms with Crippen LogP contribution in [0.5, 0.6) is 0 Å². The maximum absolute atomic E-state index is 12.9. The Hall–Kier alpha value is -0.760. The molecule has 1 amide bonds. The molecule has 0 aromatic heterocycles. The molecular formula is C14H22F2N2O3S. The molecule has 0 radical (unpaired) electrons. The van der Waals surface area contributed by atoms with Crippen LogP contribution in [0.1, 0.15) is 38.5 Å². The predicted molar refractivity (Wildman–Crippen MR) is 76.9 cm³/mol. The molecule has 1 saturated heterocycles. The van der Waals surface area contributed by atoms with Crippen molar-refractivity contribution >= 4 is 15.9 Å². The number of halogens is 2. The summed E-state index contributed by atoms with van der Waals surface area (Å²) in [6.07, 6.45) is 3.73. The van der Waals surface area contributed by atoms with Crippen LogP contribution in [0.4, 0.5) is 8.78 Å². The lowest BCUT2D eigenvalue weighted by Crippen LogP contribution is -2.53. The van der Waals surface area contributed by atoms with Crippen LogP contribution in [-0.2, 0) is 14.8 Å². The standard InChI is InChI=1S/C14H22F2N2O3S/c1-22(20,21)18-6-5-13(9-18)4-2-3-11(13)12(19)17-10-7-14(15,16)8-10/h10-11H,2-9H2,1H3,(H,17,19)/t11-,13-/m1/s1. The van der Waals surface area contributed by atoms with E-state index in [0.717, 1.165) is 12.8 Å². The third-order valence-electron chi connectivity index (χ3n) is 5.48. The minimum absolute atomic E-state index is 0.173. The fourth-order valence-corrected chi connectivity index (χ4v) is 5.16. The van der Waals surface area contributed by atoms with Gasteiger partial charge >= 0.3 is 0 Å². The zero-order valence-electron chi connectivity index (χ0n) is 12.6. The van der Waals surface area contributed by atoms with Crippen LogP contribution < -0.4 is 5.32 Å². The number of nitrogens with zero attached hydrogens (tertiary/aromatic N) is 1. The van der Waals surface area contributed by atoms with Gasteiger partial charge in [0, 0.05) is 37.9 Å². The molecule has 1 spiro atoms. The van der Waals surface area contributed by atoms with E-state index in [1.165, 1.54) is 10.6 Å². The molecule has 0 bridgehead atoms. The van der Waals surface area contributed by atoms with E-state index in [-0.39, 0.29) is 30.1 Å². The SMILES string of the molecule is CS(=O)(=O)N1CC[C@]2(CCC[C@@H]2C(=O)NC2CC(F)(F)C2)C1. The molecule has 1 aliphatic heterocycles. The predicted octanol–water partition coefficient (Wildman–Crippen LogP) is 1.35. The summed E-state index contributed by atoms with van der Waals surface area (Å²) in [4.78, 5) is 12.5. The second kappa shape index (κ2) is 5.12. The van der Waals surface area contributed by atoms with Gasteiger partial charge in [0.05, 0.1) is 6.26 Å². The lowest BCUT2D eigenvalue weighted by molar-refractivity contribution is -0.135. The monoisotopic (exact) mass is 336 g/mol. The zero-order valence-corrected chi connectivity index (χ0v) is 13.5. The van der Waals surface area contributed by atoms with Gasteiger partial charge in [0.1, 0.15) is 0 Å². The van der Waals surface area contributed by atoms with Crippen molar-refractivity contribution in [1.82, 2.24) is 9.62 Å². The Morgan fingerprint density at radius 1 is 1.27 bits per heavy atom. The van der Waals surface area contributed by atoms with Crippen LogP contribution >= 0.6 is 0 Å². The quantitative estimate of drug-likeness (QED) is 0.846. The van der Waals surface area contributed by atoms with Gasteiger partial charge in [-0.2, -0.15) is 0 Å². The van der Waals surface area contributed by atoms with Gasteiger partial charge in [0.15, 0.2) is 0 Å². The summed E-state index contributed by atoms with van der Waals surface area (Å²) in [6.45, 7) is 0.828. The topological polar surface area (TPSA) is 66.5 Å². The van der Waals surface area contributed by atoms with E-state index < -0.39 is 22.0 Å².